The molecular formula is C92H204Co9N18O9Si2. The second-order valence-electron chi connectivity index (χ2n) is 36.4. The molecule has 0 saturated carbocycles. The van der Waals surface area contributed by atoms with Crippen LogP contribution >= 0.6 is 0 Å². The van der Waals surface area contributed by atoms with Crippen molar-refractivity contribution in [3.63, 3.8) is 0 Å². The Balaban J connectivity index is -0.0000000674. The average Bonchev–Trinajstić information content (AvgIpc) is 0.771. The maximum absolute atomic E-state index is 10.9. The normalized spacial score (nSPS) is 14.6. The molecule has 0 aliphatic rings. The van der Waals surface area contributed by atoms with Crippen LogP contribution in [-0.4, -0.2) is 397 Å². The first kappa shape index (κ1) is 172. The van der Waals surface area contributed by atoms with Crippen molar-refractivity contribution in [2.45, 2.75) is 313 Å². The summed E-state index contributed by atoms with van der Waals surface area (Å²) < 4.78 is 0. The summed E-state index contributed by atoms with van der Waals surface area (Å²) in [6.45, 7) is 66.3. The first-order valence-electron chi connectivity index (χ1n) is 44.5. The molecule has 0 rings (SSSR count). The summed E-state index contributed by atoms with van der Waals surface area (Å²) in [6, 6.07) is 3.29. The Hall–Kier alpha value is -0.398. The van der Waals surface area contributed by atoms with Crippen LogP contribution in [0.1, 0.15) is 225 Å². The van der Waals surface area contributed by atoms with E-state index >= 15 is 0 Å². The minimum Gasteiger partial charge on any atom is -0.386 e. The van der Waals surface area contributed by atoms with E-state index in [-0.39, 0.29) is 187 Å². The van der Waals surface area contributed by atoms with Crippen LogP contribution in [0.2, 0.25) is 37.8 Å². The molecule has 0 amide bonds. The molecule has 5 unspecified atom stereocenters. The van der Waals surface area contributed by atoms with Crippen LogP contribution < -0.4 is 0 Å². The molecule has 0 aliphatic heterocycles. The molecule has 0 aromatic heterocycles. The van der Waals surface area contributed by atoms with Gasteiger partial charge >= 0.3 is 0 Å². The van der Waals surface area contributed by atoms with Crippen molar-refractivity contribution in [3.05, 3.63) is 12.7 Å². The maximum atomic E-state index is 10.9. The molecule has 0 aliphatic carbocycles. The Labute approximate surface area is 896 Å². The van der Waals surface area contributed by atoms with E-state index < -0.39 is 65.8 Å². The summed E-state index contributed by atoms with van der Waals surface area (Å²) in [5.74, 6) is 7.82. The third-order valence-corrected chi connectivity index (χ3v) is 32.9. The van der Waals surface area contributed by atoms with Crippen LogP contribution in [0.4, 0.5) is 0 Å². The van der Waals surface area contributed by atoms with Gasteiger partial charge in [0.05, 0.1) is 16.1 Å². The van der Waals surface area contributed by atoms with Crippen molar-refractivity contribution >= 4 is 68.7 Å². The van der Waals surface area contributed by atoms with Crippen LogP contribution in [0.25, 0.3) is 0 Å². The third kappa shape index (κ3) is 54.0. The number of nitrogens with zero attached hydrogens (tertiary/aromatic N) is 18. The number of aliphatic imine (C=N–C) groups is 9. The molecule has 0 aromatic carbocycles. The maximum Gasteiger partial charge on any atom is 0.136 e. The van der Waals surface area contributed by atoms with Gasteiger partial charge in [0, 0.05) is 340 Å². The molecule has 38 heteroatoms. The van der Waals surface area contributed by atoms with Crippen molar-refractivity contribution in [2.24, 2.45) is 80.4 Å². The molecule has 130 heavy (non-hydrogen) atoms. The molecule has 9 N–H and O–H groups in total. The molecule has 0 bridgehead atoms. The molecular weight excluding hydrogens is 2090 g/mol. The summed E-state index contributed by atoms with van der Waals surface area (Å²) in [5.41, 5.74) is -5.79. The van der Waals surface area contributed by atoms with E-state index in [0.717, 1.165) is 71.4 Å². The van der Waals surface area contributed by atoms with Gasteiger partial charge in [0.25, 0.3) is 0 Å². The second kappa shape index (κ2) is 82.2. The van der Waals surface area contributed by atoms with Crippen molar-refractivity contribution in [2.75, 3.05) is 189 Å². The van der Waals surface area contributed by atoms with Gasteiger partial charge < -0.3 is 90.1 Å². The van der Waals surface area contributed by atoms with Gasteiger partial charge in [-0.1, -0.05) is 196 Å². The van der Waals surface area contributed by atoms with E-state index in [1.165, 1.54) is 6.08 Å². The van der Waals surface area contributed by atoms with Gasteiger partial charge in [-0.3, -0.25) is 44.9 Å². The third-order valence-electron chi connectivity index (χ3n) is 23.4. The largest absolute Gasteiger partial charge is 0.386 e. The molecule has 0 saturated heterocycles. The van der Waals surface area contributed by atoms with Gasteiger partial charge in [0.1, 0.15) is 102 Å². The van der Waals surface area contributed by atoms with Crippen LogP contribution in [0, 0.1) is 35.5 Å². The SMILES string of the molecule is C=CC(C)(O)C(=NC)N(C)C.CCC(O)(C(=NC)N(C)C)C(C)C.CCC(O)(CC)C(=NC)N(C)C.CCN=C(N(C)C)C(O)(C(C)C)C(C)C.CCN=C(N(C)C)C(O)(CC)C(C)C.CCN=C(N(C)C)C(O)(CC)CC.CC[Si](CC)(CC)C(C)(O)C(=NC)N(C)C.CN=C(N(C)C)C(C)(O)[Si](C)(C)C.CN=C(N(C)C)C(O)(C(C)C)C(C)C.[Co].[Co].[Co].[Co].[Co].[Co].[Co].[Co].[Co]. The molecule has 0 heterocycles. The molecule has 0 aromatic rings. The summed E-state index contributed by atoms with van der Waals surface area (Å²) in [4.78, 5) is 54.9. The fraction of sp³-hybridized carbons (Fsp3) is 0.880. The number of rotatable bonds is 30. The number of hydrogen-bond acceptors (Lipinski definition) is 18. The van der Waals surface area contributed by atoms with E-state index in [1.807, 2.05) is 325 Å². The van der Waals surface area contributed by atoms with Crippen molar-refractivity contribution < 1.29 is 197 Å². The molecule has 0 spiro atoms. The second-order valence-corrected chi connectivity index (χ2v) is 47.6. The van der Waals surface area contributed by atoms with E-state index in [9.17, 15) is 46.0 Å². The molecule has 5 atom stereocenters. The predicted molar refractivity (Wildman–Crippen MR) is 540 cm³/mol. The minimum atomic E-state index is -1.71. The van der Waals surface area contributed by atoms with Crippen molar-refractivity contribution in [1.82, 2.24) is 44.1 Å². The smallest absolute Gasteiger partial charge is 0.136 e. The molecule has 9 radical (unpaired) electrons. The van der Waals surface area contributed by atoms with E-state index in [0.29, 0.717) is 57.5 Å². The number of aliphatic hydroxyl groups is 9. The van der Waals surface area contributed by atoms with E-state index in [2.05, 4.69) is 91.9 Å². The fourth-order valence-corrected chi connectivity index (χ4v) is 20.3. The Kier molecular flexibility index (Phi) is 109. The monoisotopic (exact) mass is 2290 g/mol. The molecule has 0 fully saturated rings. The Bertz CT molecular complexity index is 3020. The van der Waals surface area contributed by atoms with Gasteiger partial charge in [-0.2, -0.15) is 0 Å². The van der Waals surface area contributed by atoms with Gasteiger partial charge in [0.2, 0.25) is 0 Å². The zero-order valence-electron chi connectivity index (χ0n) is 92.3. The van der Waals surface area contributed by atoms with Crippen LogP contribution in [0.3, 0.4) is 0 Å². The van der Waals surface area contributed by atoms with Gasteiger partial charge in [-0.25, -0.2) is 0 Å². The topological polar surface area (TPSA) is 322 Å². The summed E-state index contributed by atoms with van der Waals surface area (Å²) in [7, 11) is 41.4. The first-order chi connectivity index (χ1) is 54.8. The van der Waals surface area contributed by atoms with Gasteiger partial charge in [-0.15, -0.1) is 0 Å². The van der Waals surface area contributed by atoms with Gasteiger partial charge in [-0.05, 0) is 116 Å². The zero-order valence-corrected chi connectivity index (χ0v) is 104. The molecule has 27 nitrogen and oxygen atoms in total. The Morgan fingerprint density at radius 2 is 0.477 bits per heavy atom. The summed E-state index contributed by atoms with van der Waals surface area (Å²) >= 11 is 0. The summed E-state index contributed by atoms with van der Waals surface area (Å²) in [6.07, 6.45) is 5.68. The first-order valence-corrected chi connectivity index (χ1v) is 50.6. The van der Waals surface area contributed by atoms with Crippen molar-refractivity contribution in [1.29, 1.82) is 0 Å². The van der Waals surface area contributed by atoms with Crippen molar-refractivity contribution in [3.8, 4) is 0 Å². The predicted octanol–water partition coefficient (Wildman–Crippen LogP) is 13.5. The average molecular weight is 2290 g/mol. The zero-order chi connectivity index (χ0) is 98.9. The molecule has 805 valence electrons. The number of likely N-dealkylation sites (N-methyl/N-ethyl adjacent to an activating group) is 9. The quantitative estimate of drug-likeness (QED) is 0.0140. The van der Waals surface area contributed by atoms with Crippen LogP contribution in [0.15, 0.2) is 57.6 Å². The number of hydrogen-bond donors (Lipinski definition) is 9. The Morgan fingerprint density at radius 1 is 0.277 bits per heavy atom. The Morgan fingerprint density at radius 3 is 0.608 bits per heavy atom. The fourth-order valence-electron chi connectivity index (χ4n) is 15.0. The van der Waals surface area contributed by atoms with Gasteiger partial charge in [0.15, 0.2) is 0 Å². The summed E-state index contributed by atoms with van der Waals surface area (Å²) in [5, 5.41) is 92.0. The van der Waals surface area contributed by atoms with Crippen LogP contribution in [0.5, 0.6) is 0 Å². The standard InChI is InChI=1S/C12H28N2OSi.C12H26N2O.2C11H24N2O.2C10H22N2O.C9H22N2OSi.C9H20N2O.C8H16N2O.9Co/c1-8-16(9-2,10-3)12(4,15)11(13-5)14(6)7;1-8-13-11(14(6)7)12(15,9(2)3)10(4)5;1-8(2)11(14,9(3)4)10(12-5)13(6)7;1-7-11(14,9(3)4)10(12-8-2)13(5)6;1-7-10(13,8(2)3)9(11-4)12(5)6;1-6-10(13,7-2)9(11-8-3)12(4)5;1-9(12,13(5,6)7)8(10-2)11(3)4;1-6-9(12,7-2)8(10-3)11(4)5;1-6-8(2,11)7(9-3)10(4)5;;;;;;;;;/h15H,8-10H2,1-7H3;9-10,15H,8H2,1-7H3;8-9,14H,1-7H3;9,14H,7-8H2,1-6H3;8,13H,7H2,1-6H3;13H,6-8H2,1-5H3;12H,1-7H3;12H,6-7H2,1-5H3;6,11H,1H2,2-5H3;;;;;;;;;. The van der Waals surface area contributed by atoms with E-state index in [1.54, 1.807) is 54.1 Å². The van der Waals surface area contributed by atoms with E-state index in [4.69, 9.17) is 0 Å². The number of amidine groups is 9. The van der Waals surface area contributed by atoms with Crippen LogP contribution in [-0.2, 0) is 151 Å². The minimum absolute atomic E-state index is 0.